The first kappa shape index (κ1) is 26.8. The van der Waals surface area contributed by atoms with Crippen molar-refractivity contribution in [3.05, 3.63) is 0 Å². The van der Waals surface area contributed by atoms with Crippen LogP contribution in [-0.2, 0) is 19.2 Å². The molecule has 0 aliphatic carbocycles. The maximum atomic E-state index is 12.9. The van der Waals surface area contributed by atoms with Gasteiger partial charge in [0, 0.05) is 24.6 Å². The van der Waals surface area contributed by atoms with E-state index in [2.05, 4.69) is 40.9 Å². The van der Waals surface area contributed by atoms with E-state index in [1.165, 1.54) is 4.90 Å². The highest BCUT2D eigenvalue weighted by Gasteiger charge is 2.38. The summed E-state index contributed by atoms with van der Waals surface area (Å²) >= 11 is 8.07. The number of thiol groups is 2. The molecule has 3 amide bonds. The van der Waals surface area contributed by atoms with Gasteiger partial charge in [0.05, 0.1) is 6.04 Å². The number of aliphatic carboxylic acids is 1. The normalized spacial score (nSPS) is 18.5. The number of rotatable bonds is 12. The average Bonchev–Trinajstić information content (AvgIpc) is 3.22. The molecule has 14 heteroatoms. The van der Waals surface area contributed by atoms with Crippen LogP contribution in [0, 0.1) is 0 Å². The topological polar surface area (TPSA) is 206 Å². The number of aliphatic imine (C=N–C) groups is 1. The number of hydrogen-bond donors (Lipinski definition) is 8. The molecule has 0 saturated carbocycles. The molecule has 4 atom stereocenters. The predicted molar refractivity (Wildman–Crippen MR) is 122 cm³/mol. The summed E-state index contributed by atoms with van der Waals surface area (Å²) in [5.41, 5.74) is 16.1. The Hall–Kier alpha value is -2.19. The van der Waals surface area contributed by atoms with Crippen LogP contribution < -0.4 is 27.8 Å². The molecule has 0 unspecified atom stereocenters. The summed E-state index contributed by atoms with van der Waals surface area (Å²) in [6, 6.07) is -3.84. The van der Waals surface area contributed by atoms with Crippen LogP contribution >= 0.6 is 25.3 Å². The zero-order chi connectivity index (χ0) is 23.6. The molecule has 1 saturated heterocycles. The fraction of sp³-hybridized carbons (Fsp3) is 0.706. The Morgan fingerprint density at radius 1 is 1.13 bits per heavy atom. The maximum absolute atomic E-state index is 12.9. The number of carbonyl (C=O) groups is 4. The molecule has 31 heavy (non-hydrogen) atoms. The Kier molecular flexibility index (Phi) is 11.5. The summed E-state index contributed by atoms with van der Waals surface area (Å²) in [5.74, 6) is -2.78. The number of carboxylic acids is 1. The first-order valence-electron chi connectivity index (χ1n) is 9.79. The molecule has 176 valence electrons. The standard InChI is InChI=1S/C17H31N7O5S2/c18-9(7-30)13(25)23-11(8-31)15(27)24-6-2-4-12(24)14(26)22-10(16(28)29)3-1-5-21-17(19)20/h9-12,30-31H,1-8,18H2,(H,22,26)(H,23,25)(H,28,29)(H4,19,20,21)/t9-,10-,11-,12-/m0/s1. The summed E-state index contributed by atoms with van der Waals surface area (Å²) < 4.78 is 0. The zero-order valence-corrected chi connectivity index (χ0v) is 18.9. The monoisotopic (exact) mass is 477 g/mol. The lowest BCUT2D eigenvalue weighted by Crippen LogP contribution is -2.57. The molecule has 0 aromatic heterocycles. The van der Waals surface area contributed by atoms with Crippen molar-refractivity contribution in [3.63, 3.8) is 0 Å². The van der Waals surface area contributed by atoms with Gasteiger partial charge in [-0.15, -0.1) is 0 Å². The second-order valence-corrected chi connectivity index (χ2v) is 7.80. The smallest absolute Gasteiger partial charge is 0.326 e. The van der Waals surface area contributed by atoms with Crippen LogP contribution in [0.2, 0.25) is 0 Å². The molecule has 0 aromatic carbocycles. The predicted octanol–water partition coefficient (Wildman–Crippen LogP) is -2.73. The third-order valence-electron chi connectivity index (χ3n) is 4.73. The third kappa shape index (κ3) is 8.45. The Morgan fingerprint density at radius 3 is 2.35 bits per heavy atom. The van der Waals surface area contributed by atoms with Crippen molar-refractivity contribution in [2.24, 2.45) is 22.2 Å². The Balaban J connectivity index is 2.77. The molecular formula is C17H31N7O5S2. The van der Waals surface area contributed by atoms with Crippen molar-refractivity contribution < 1.29 is 24.3 Å². The SMILES string of the molecule is NC(N)=NCCC[C@H](NC(=O)[C@@H]1CCCN1C(=O)[C@H](CS)NC(=O)[C@@H](N)CS)C(=O)O. The zero-order valence-electron chi connectivity index (χ0n) is 17.1. The van der Waals surface area contributed by atoms with Gasteiger partial charge in [0.25, 0.3) is 0 Å². The van der Waals surface area contributed by atoms with E-state index in [1.54, 1.807) is 0 Å². The summed E-state index contributed by atoms with van der Waals surface area (Å²) in [7, 11) is 0. The van der Waals surface area contributed by atoms with Crippen LogP contribution in [0.3, 0.4) is 0 Å². The minimum absolute atomic E-state index is 0.0112. The fourth-order valence-corrected chi connectivity index (χ4v) is 3.49. The second kappa shape index (κ2) is 13.3. The van der Waals surface area contributed by atoms with E-state index in [4.69, 9.17) is 17.2 Å². The van der Waals surface area contributed by atoms with Crippen LogP contribution in [0.15, 0.2) is 4.99 Å². The number of carboxylic acid groups (broad SMARTS) is 1. The van der Waals surface area contributed by atoms with Crippen molar-refractivity contribution in [2.45, 2.75) is 49.9 Å². The van der Waals surface area contributed by atoms with Crippen molar-refractivity contribution in [2.75, 3.05) is 24.6 Å². The van der Waals surface area contributed by atoms with Gasteiger partial charge in [-0.3, -0.25) is 19.4 Å². The quantitative estimate of drug-likeness (QED) is 0.0639. The number of nitrogens with two attached hydrogens (primary N) is 3. The number of hydrogen-bond acceptors (Lipinski definition) is 8. The van der Waals surface area contributed by atoms with Gasteiger partial charge in [-0.1, -0.05) is 0 Å². The molecule has 1 aliphatic rings. The van der Waals surface area contributed by atoms with Gasteiger partial charge >= 0.3 is 5.97 Å². The van der Waals surface area contributed by atoms with Crippen LogP contribution in [0.25, 0.3) is 0 Å². The molecule has 9 N–H and O–H groups in total. The largest absolute Gasteiger partial charge is 0.480 e. The molecule has 0 radical (unpaired) electrons. The molecule has 0 aromatic rings. The van der Waals surface area contributed by atoms with E-state index in [1.807, 2.05) is 0 Å². The number of carbonyl (C=O) groups excluding carboxylic acids is 3. The average molecular weight is 478 g/mol. The van der Waals surface area contributed by atoms with Crippen LogP contribution in [0.4, 0.5) is 0 Å². The second-order valence-electron chi connectivity index (χ2n) is 7.07. The number of guanidine groups is 1. The highest BCUT2D eigenvalue weighted by atomic mass is 32.1. The van der Waals surface area contributed by atoms with Gasteiger partial charge < -0.3 is 37.8 Å². The molecule has 1 aliphatic heterocycles. The Bertz CT molecular complexity index is 690. The van der Waals surface area contributed by atoms with E-state index >= 15 is 0 Å². The highest BCUT2D eigenvalue weighted by Crippen LogP contribution is 2.19. The van der Waals surface area contributed by atoms with Crippen molar-refractivity contribution in [3.8, 4) is 0 Å². The molecule has 12 nitrogen and oxygen atoms in total. The molecule has 1 heterocycles. The first-order chi connectivity index (χ1) is 14.6. The molecule has 1 rings (SSSR count). The molecule has 0 bridgehead atoms. The maximum Gasteiger partial charge on any atom is 0.326 e. The fourth-order valence-electron chi connectivity index (χ4n) is 3.08. The Labute approximate surface area is 191 Å². The van der Waals surface area contributed by atoms with Gasteiger partial charge in [-0.25, -0.2) is 4.79 Å². The summed E-state index contributed by atoms with van der Waals surface area (Å²) in [6.45, 7) is 0.533. The van der Waals surface area contributed by atoms with E-state index in [0.29, 0.717) is 25.8 Å². The van der Waals surface area contributed by atoms with Gasteiger partial charge in [0.1, 0.15) is 18.1 Å². The minimum Gasteiger partial charge on any atom is -0.480 e. The van der Waals surface area contributed by atoms with E-state index in [-0.39, 0.29) is 30.4 Å². The van der Waals surface area contributed by atoms with Gasteiger partial charge in [-0.05, 0) is 25.7 Å². The third-order valence-corrected chi connectivity index (χ3v) is 5.49. The van der Waals surface area contributed by atoms with Gasteiger partial charge in [0.2, 0.25) is 17.7 Å². The van der Waals surface area contributed by atoms with Gasteiger partial charge in [-0.2, -0.15) is 25.3 Å². The van der Waals surface area contributed by atoms with Gasteiger partial charge in [0.15, 0.2) is 5.96 Å². The first-order valence-corrected chi connectivity index (χ1v) is 11.1. The summed E-state index contributed by atoms with van der Waals surface area (Å²) in [6.07, 6.45) is 1.41. The summed E-state index contributed by atoms with van der Waals surface area (Å²) in [4.78, 5) is 54.3. The van der Waals surface area contributed by atoms with Crippen molar-refractivity contribution in [1.82, 2.24) is 15.5 Å². The number of nitrogens with one attached hydrogen (secondary N) is 2. The number of likely N-dealkylation sites (tertiary alicyclic amines) is 1. The van der Waals surface area contributed by atoms with Crippen LogP contribution in [-0.4, -0.2) is 88.4 Å². The van der Waals surface area contributed by atoms with Crippen molar-refractivity contribution in [1.29, 1.82) is 0 Å². The molecular weight excluding hydrogens is 446 g/mol. The van der Waals surface area contributed by atoms with Crippen molar-refractivity contribution >= 4 is 54.9 Å². The number of amides is 3. The molecule has 0 spiro atoms. The minimum atomic E-state index is -1.20. The summed E-state index contributed by atoms with van der Waals surface area (Å²) in [5, 5.41) is 14.4. The lowest BCUT2D eigenvalue weighted by atomic mass is 10.1. The van der Waals surface area contributed by atoms with E-state index < -0.39 is 47.9 Å². The lowest BCUT2D eigenvalue weighted by molar-refractivity contribution is -0.144. The highest BCUT2D eigenvalue weighted by molar-refractivity contribution is 7.80. The molecule has 1 fully saturated rings. The number of nitrogens with zero attached hydrogens (tertiary/aromatic N) is 2. The van der Waals surface area contributed by atoms with E-state index in [0.717, 1.165) is 0 Å². The van der Waals surface area contributed by atoms with E-state index in [9.17, 15) is 24.3 Å². The van der Waals surface area contributed by atoms with Crippen LogP contribution in [0.5, 0.6) is 0 Å². The van der Waals surface area contributed by atoms with Crippen LogP contribution in [0.1, 0.15) is 25.7 Å². The lowest BCUT2D eigenvalue weighted by Gasteiger charge is -2.29. The Morgan fingerprint density at radius 2 is 1.81 bits per heavy atom.